The Morgan fingerprint density at radius 1 is 1.45 bits per heavy atom. The first-order chi connectivity index (χ1) is 9.66. The van der Waals surface area contributed by atoms with E-state index in [1.165, 1.54) is 24.6 Å². The van der Waals surface area contributed by atoms with Crippen LogP contribution in [0.25, 0.3) is 0 Å². The van der Waals surface area contributed by atoms with Gasteiger partial charge in [-0.2, -0.15) is 0 Å². The number of ether oxygens (including phenoxy) is 1. The van der Waals surface area contributed by atoms with Gasteiger partial charge in [-0.05, 0) is 50.3 Å². The fraction of sp³-hybridized carbons (Fsp3) is 0.533. The van der Waals surface area contributed by atoms with Crippen molar-refractivity contribution in [2.45, 2.75) is 38.2 Å². The molecule has 1 atom stereocenters. The van der Waals surface area contributed by atoms with E-state index < -0.39 is 0 Å². The summed E-state index contributed by atoms with van der Waals surface area (Å²) >= 11 is 5.93. The summed E-state index contributed by atoms with van der Waals surface area (Å²) in [6.45, 7) is 1.45. The lowest BCUT2D eigenvalue weighted by molar-refractivity contribution is 0.0102. The monoisotopic (exact) mass is 297 g/mol. The number of carbonyl (C=O) groups is 1. The van der Waals surface area contributed by atoms with Crippen molar-refractivity contribution in [3.05, 3.63) is 28.8 Å². The third-order valence-corrected chi connectivity index (χ3v) is 3.79. The zero-order valence-electron chi connectivity index (χ0n) is 11.4. The van der Waals surface area contributed by atoms with Crippen LogP contribution >= 0.6 is 11.6 Å². The summed E-state index contributed by atoms with van der Waals surface area (Å²) < 4.78 is 5.64. The van der Waals surface area contributed by atoms with Crippen LogP contribution in [0.2, 0.25) is 5.02 Å². The van der Waals surface area contributed by atoms with E-state index in [0.29, 0.717) is 23.2 Å². The highest BCUT2D eigenvalue weighted by atomic mass is 35.5. The van der Waals surface area contributed by atoms with Crippen molar-refractivity contribution in [3.8, 4) is 5.75 Å². The van der Waals surface area contributed by atoms with Crippen LogP contribution in [0.3, 0.4) is 0 Å². The molecule has 1 heterocycles. The van der Waals surface area contributed by atoms with Gasteiger partial charge in [0.15, 0.2) is 0 Å². The standard InChI is InChI=1S/C15H20ClNO3/c16-14-7-6-11(18)10-13(14)15(19)17-8-3-5-12-4-1-2-9-20-12/h6-7,10,12,18H,1-5,8-9H2,(H,17,19). The topological polar surface area (TPSA) is 58.6 Å². The van der Waals surface area contributed by atoms with Gasteiger partial charge in [-0.15, -0.1) is 0 Å². The second-order valence-corrected chi connectivity index (χ2v) is 5.46. The number of halogens is 1. The molecular weight excluding hydrogens is 278 g/mol. The average Bonchev–Trinajstić information content (AvgIpc) is 2.47. The fourth-order valence-electron chi connectivity index (χ4n) is 2.35. The molecule has 2 N–H and O–H groups in total. The van der Waals surface area contributed by atoms with Gasteiger partial charge in [0.1, 0.15) is 5.75 Å². The molecule has 0 bridgehead atoms. The third kappa shape index (κ3) is 4.39. The molecule has 0 spiro atoms. The highest BCUT2D eigenvalue weighted by Crippen LogP contribution is 2.21. The summed E-state index contributed by atoms with van der Waals surface area (Å²) in [5.41, 5.74) is 0.306. The van der Waals surface area contributed by atoms with Gasteiger partial charge in [0.25, 0.3) is 5.91 Å². The fourth-order valence-corrected chi connectivity index (χ4v) is 2.55. The Balaban J connectivity index is 1.73. The van der Waals surface area contributed by atoms with Gasteiger partial charge in [-0.3, -0.25) is 4.79 Å². The first-order valence-electron chi connectivity index (χ1n) is 7.05. The molecule has 110 valence electrons. The molecule has 4 nitrogen and oxygen atoms in total. The van der Waals surface area contributed by atoms with Crippen LogP contribution < -0.4 is 5.32 Å². The van der Waals surface area contributed by atoms with E-state index in [1.54, 1.807) is 0 Å². The number of amides is 1. The summed E-state index contributed by atoms with van der Waals surface area (Å²) in [4.78, 5) is 11.9. The molecule has 2 rings (SSSR count). The van der Waals surface area contributed by atoms with E-state index in [2.05, 4.69) is 5.32 Å². The molecule has 1 aromatic rings. The smallest absolute Gasteiger partial charge is 0.252 e. The number of hydrogen-bond acceptors (Lipinski definition) is 3. The highest BCUT2D eigenvalue weighted by molar-refractivity contribution is 6.33. The molecule has 1 aromatic carbocycles. The number of hydrogen-bond donors (Lipinski definition) is 2. The molecule has 0 radical (unpaired) electrons. The number of phenols is 1. The van der Waals surface area contributed by atoms with Crippen LogP contribution in [0.4, 0.5) is 0 Å². The zero-order chi connectivity index (χ0) is 14.4. The van der Waals surface area contributed by atoms with Gasteiger partial charge in [0, 0.05) is 13.2 Å². The van der Waals surface area contributed by atoms with Crippen LogP contribution in [0.5, 0.6) is 5.75 Å². The summed E-state index contributed by atoms with van der Waals surface area (Å²) in [5, 5.41) is 12.5. The SMILES string of the molecule is O=C(NCCCC1CCCCO1)c1cc(O)ccc1Cl. The normalized spacial score (nSPS) is 18.8. The number of carbonyl (C=O) groups excluding carboxylic acids is 1. The molecule has 20 heavy (non-hydrogen) atoms. The minimum atomic E-state index is -0.254. The van der Waals surface area contributed by atoms with Gasteiger partial charge in [0.05, 0.1) is 16.7 Å². The van der Waals surface area contributed by atoms with Crippen molar-refractivity contribution in [3.63, 3.8) is 0 Å². The molecular formula is C15H20ClNO3. The number of benzene rings is 1. The molecule has 1 amide bonds. The lowest BCUT2D eigenvalue weighted by atomic mass is 10.0. The predicted octanol–water partition coefficient (Wildman–Crippen LogP) is 3.12. The number of aromatic hydroxyl groups is 1. The second kappa shape index (κ2) is 7.50. The first kappa shape index (κ1) is 15.1. The molecule has 1 aliphatic rings. The van der Waals surface area contributed by atoms with Crippen LogP contribution in [0.15, 0.2) is 18.2 Å². The molecule has 1 saturated heterocycles. The molecule has 0 saturated carbocycles. The van der Waals surface area contributed by atoms with Gasteiger partial charge in [0.2, 0.25) is 0 Å². The molecule has 1 aliphatic heterocycles. The summed E-state index contributed by atoms with van der Waals surface area (Å²) in [6.07, 6.45) is 5.69. The van der Waals surface area contributed by atoms with Crippen molar-refractivity contribution in [1.82, 2.24) is 5.32 Å². The van der Waals surface area contributed by atoms with Crippen molar-refractivity contribution in [2.75, 3.05) is 13.2 Å². The molecule has 0 aliphatic carbocycles. The highest BCUT2D eigenvalue weighted by Gasteiger charge is 2.14. The van der Waals surface area contributed by atoms with Gasteiger partial charge in [-0.1, -0.05) is 11.6 Å². The van der Waals surface area contributed by atoms with E-state index in [4.69, 9.17) is 16.3 Å². The minimum Gasteiger partial charge on any atom is -0.508 e. The van der Waals surface area contributed by atoms with Crippen LogP contribution in [-0.4, -0.2) is 30.3 Å². The van der Waals surface area contributed by atoms with Crippen molar-refractivity contribution in [2.24, 2.45) is 0 Å². The van der Waals surface area contributed by atoms with Crippen LogP contribution in [-0.2, 0) is 4.74 Å². The Kier molecular flexibility index (Phi) is 5.68. The van der Waals surface area contributed by atoms with Gasteiger partial charge < -0.3 is 15.2 Å². The summed E-state index contributed by atoms with van der Waals surface area (Å²) in [7, 11) is 0. The summed E-state index contributed by atoms with van der Waals surface area (Å²) in [5.74, 6) is -0.217. The molecule has 5 heteroatoms. The predicted molar refractivity (Wildman–Crippen MR) is 78.3 cm³/mol. The quantitative estimate of drug-likeness (QED) is 0.821. The van der Waals surface area contributed by atoms with Gasteiger partial charge >= 0.3 is 0 Å². The lowest BCUT2D eigenvalue weighted by Gasteiger charge is -2.22. The van der Waals surface area contributed by atoms with E-state index >= 15 is 0 Å². The largest absolute Gasteiger partial charge is 0.508 e. The Morgan fingerprint density at radius 3 is 3.05 bits per heavy atom. The molecule has 1 fully saturated rings. The molecule has 0 aromatic heterocycles. The maximum absolute atomic E-state index is 11.9. The Hall–Kier alpha value is -1.26. The van der Waals surface area contributed by atoms with E-state index in [-0.39, 0.29) is 11.7 Å². The Labute approximate surface area is 124 Å². The van der Waals surface area contributed by atoms with E-state index in [9.17, 15) is 9.90 Å². The van der Waals surface area contributed by atoms with E-state index in [0.717, 1.165) is 32.3 Å². The maximum atomic E-state index is 11.9. The summed E-state index contributed by atoms with van der Waals surface area (Å²) in [6, 6.07) is 4.35. The van der Waals surface area contributed by atoms with Crippen molar-refractivity contribution < 1.29 is 14.6 Å². The van der Waals surface area contributed by atoms with Crippen LogP contribution in [0, 0.1) is 0 Å². The lowest BCUT2D eigenvalue weighted by Crippen LogP contribution is -2.26. The third-order valence-electron chi connectivity index (χ3n) is 3.46. The van der Waals surface area contributed by atoms with Crippen molar-refractivity contribution >= 4 is 17.5 Å². The van der Waals surface area contributed by atoms with Crippen LogP contribution in [0.1, 0.15) is 42.5 Å². The van der Waals surface area contributed by atoms with Crippen molar-refractivity contribution in [1.29, 1.82) is 0 Å². The average molecular weight is 298 g/mol. The Morgan fingerprint density at radius 2 is 2.30 bits per heavy atom. The van der Waals surface area contributed by atoms with Gasteiger partial charge in [-0.25, -0.2) is 0 Å². The van der Waals surface area contributed by atoms with E-state index in [1.807, 2.05) is 0 Å². The number of rotatable bonds is 5. The Bertz CT molecular complexity index is 458. The maximum Gasteiger partial charge on any atom is 0.252 e. The minimum absolute atomic E-state index is 0.0372. The second-order valence-electron chi connectivity index (χ2n) is 5.05. The first-order valence-corrected chi connectivity index (χ1v) is 7.43. The zero-order valence-corrected chi connectivity index (χ0v) is 12.2. The number of phenolic OH excluding ortho intramolecular Hbond substituents is 1. The molecule has 1 unspecified atom stereocenters. The number of nitrogens with one attached hydrogen (secondary N) is 1.